The third-order valence-corrected chi connectivity index (χ3v) is 4.49. The Morgan fingerprint density at radius 3 is 2.52 bits per heavy atom. The number of piperazine rings is 1. The average Bonchev–Trinajstić information content (AvgIpc) is 3.02. The van der Waals surface area contributed by atoms with E-state index in [0.717, 1.165) is 51.5 Å². The molecule has 1 atom stereocenters. The minimum atomic E-state index is 0. The molecule has 1 aromatic rings. The van der Waals surface area contributed by atoms with Crippen LogP contribution >= 0.6 is 12.4 Å². The zero-order chi connectivity index (χ0) is 15.8. The van der Waals surface area contributed by atoms with Gasteiger partial charge in [0.05, 0.1) is 19.2 Å². The first-order valence-electron chi connectivity index (χ1n) is 8.51. The Hall–Kier alpha value is -0.760. The van der Waals surface area contributed by atoms with Gasteiger partial charge in [-0.05, 0) is 23.4 Å². The smallest absolute Gasteiger partial charge is 0.168 e. The van der Waals surface area contributed by atoms with Crippen LogP contribution in [-0.4, -0.2) is 76.4 Å². The average molecular weight is 347 g/mol. The SMILES string of the molecule is CCCCC(c1nnnn1CCOC)N1CCN(CC)CC1.Cl. The van der Waals surface area contributed by atoms with E-state index in [1.54, 1.807) is 7.11 Å². The van der Waals surface area contributed by atoms with Gasteiger partial charge in [-0.25, -0.2) is 4.68 Å². The summed E-state index contributed by atoms with van der Waals surface area (Å²) in [6.07, 6.45) is 3.52. The van der Waals surface area contributed by atoms with Gasteiger partial charge in [-0.1, -0.05) is 26.7 Å². The molecule has 0 spiro atoms. The van der Waals surface area contributed by atoms with Crippen LogP contribution in [0.2, 0.25) is 0 Å². The van der Waals surface area contributed by atoms with E-state index in [1.807, 2.05) is 4.68 Å². The molecular formula is C15H31ClN6O. The first-order valence-corrected chi connectivity index (χ1v) is 8.51. The van der Waals surface area contributed by atoms with Gasteiger partial charge in [0.25, 0.3) is 0 Å². The van der Waals surface area contributed by atoms with Gasteiger partial charge in [0.1, 0.15) is 0 Å². The van der Waals surface area contributed by atoms with Gasteiger partial charge in [0.2, 0.25) is 0 Å². The zero-order valence-electron chi connectivity index (χ0n) is 14.6. The summed E-state index contributed by atoms with van der Waals surface area (Å²) in [4.78, 5) is 5.05. The lowest BCUT2D eigenvalue weighted by Gasteiger charge is -2.38. The van der Waals surface area contributed by atoms with E-state index in [4.69, 9.17) is 4.74 Å². The molecule has 1 aliphatic rings. The Kier molecular flexibility index (Phi) is 9.62. The van der Waals surface area contributed by atoms with Crippen molar-refractivity contribution in [3.8, 4) is 0 Å². The molecule has 1 saturated heterocycles. The monoisotopic (exact) mass is 346 g/mol. The standard InChI is InChI=1S/C15H30N6O.ClH/c1-4-6-7-14(20-10-8-19(5-2)9-11-20)15-16-17-18-21(15)12-13-22-3;/h14H,4-13H2,1-3H3;1H. The van der Waals surface area contributed by atoms with Crippen LogP contribution in [0.3, 0.4) is 0 Å². The summed E-state index contributed by atoms with van der Waals surface area (Å²) in [6, 6.07) is 0.325. The molecule has 0 radical (unpaired) electrons. The van der Waals surface area contributed by atoms with Gasteiger partial charge in [-0.3, -0.25) is 4.90 Å². The number of methoxy groups -OCH3 is 1. The highest BCUT2D eigenvalue weighted by Crippen LogP contribution is 2.25. The molecule has 0 aliphatic carbocycles. The van der Waals surface area contributed by atoms with Crippen molar-refractivity contribution in [2.45, 2.75) is 45.7 Å². The minimum absolute atomic E-state index is 0. The molecule has 7 nitrogen and oxygen atoms in total. The van der Waals surface area contributed by atoms with Crippen LogP contribution in [0.25, 0.3) is 0 Å². The van der Waals surface area contributed by atoms with Crippen molar-refractivity contribution in [2.75, 3.05) is 46.4 Å². The molecule has 0 saturated carbocycles. The fourth-order valence-electron chi connectivity index (χ4n) is 3.05. The molecule has 2 rings (SSSR count). The number of likely N-dealkylation sites (N-methyl/N-ethyl adjacent to an activating group) is 1. The number of aromatic nitrogens is 4. The summed E-state index contributed by atoms with van der Waals surface area (Å²) < 4.78 is 7.08. The van der Waals surface area contributed by atoms with Crippen molar-refractivity contribution in [3.05, 3.63) is 5.82 Å². The second-order valence-corrected chi connectivity index (χ2v) is 5.88. The molecular weight excluding hydrogens is 316 g/mol. The van der Waals surface area contributed by atoms with Crippen LogP contribution in [-0.2, 0) is 11.3 Å². The highest BCUT2D eigenvalue weighted by Gasteiger charge is 2.28. The van der Waals surface area contributed by atoms with Crippen molar-refractivity contribution >= 4 is 12.4 Å². The highest BCUT2D eigenvalue weighted by atomic mass is 35.5. The Balaban J connectivity index is 0.00000264. The second kappa shape index (κ2) is 10.9. The van der Waals surface area contributed by atoms with Crippen molar-refractivity contribution < 1.29 is 4.74 Å². The summed E-state index contributed by atoms with van der Waals surface area (Å²) >= 11 is 0. The van der Waals surface area contributed by atoms with E-state index in [1.165, 1.54) is 12.8 Å². The first-order chi connectivity index (χ1) is 10.8. The maximum atomic E-state index is 5.17. The fourth-order valence-corrected chi connectivity index (χ4v) is 3.05. The van der Waals surface area contributed by atoms with E-state index in [2.05, 4.69) is 39.2 Å². The van der Waals surface area contributed by atoms with Gasteiger partial charge >= 0.3 is 0 Å². The molecule has 1 aromatic heterocycles. The van der Waals surface area contributed by atoms with Crippen LogP contribution in [0, 0.1) is 0 Å². The van der Waals surface area contributed by atoms with E-state index >= 15 is 0 Å². The van der Waals surface area contributed by atoms with Crippen LogP contribution < -0.4 is 0 Å². The lowest BCUT2D eigenvalue weighted by molar-refractivity contribution is 0.0867. The van der Waals surface area contributed by atoms with Crippen molar-refractivity contribution in [2.24, 2.45) is 0 Å². The summed E-state index contributed by atoms with van der Waals surface area (Å²) in [5.74, 6) is 0.996. The number of hydrogen-bond donors (Lipinski definition) is 0. The third kappa shape index (κ3) is 5.67. The van der Waals surface area contributed by atoms with Crippen LogP contribution in [0.1, 0.15) is 45.0 Å². The Bertz CT molecular complexity index is 422. The Morgan fingerprint density at radius 2 is 1.91 bits per heavy atom. The molecule has 0 bridgehead atoms. The van der Waals surface area contributed by atoms with Crippen LogP contribution in [0.5, 0.6) is 0 Å². The van der Waals surface area contributed by atoms with Crippen LogP contribution in [0.15, 0.2) is 0 Å². The maximum absolute atomic E-state index is 5.17. The van der Waals surface area contributed by atoms with Gasteiger partial charge in [0, 0.05) is 33.3 Å². The number of halogens is 1. The number of rotatable bonds is 9. The summed E-state index contributed by atoms with van der Waals surface area (Å²) in [5, 5.41) is 12.4. The number of unbranched alkanes of at least 4 members (excludes halogenated alkanes) is 1. The topological polar surface area (TPSA) is 59.3 Å². The van der Waals surface area contributed by atoms with Gasteiger partial charge in [0.15, 0.2) is 5.82 Å². The fraction of sp³-hybridized carbons (Fsp3) is 0.933. The Morgan fingerprint density at radius 1 is 1.17 bits per heavy atom. The maximum Gasteiger partial charge on any atom is 0.168 e. The summed E-state index contributed by atoms with van der Waals surface area (Å²) in [6.45, 7) is 11.4. The minimum Gasteiger partial charge on any atom is -0.383 e. The Labute approximate surface area is 145 Å². The molecule has 134 valence electrons. The van der Waals surface area contributed by atoms with Gasteiger partial charge < -0.3 is 9.64 Å². The van der Waals surface area contributed by atoms with Crippen molar-refractivity contribution in [1.29, 1.82) is 0 Å². The predicted octanol–water partition coefficient (Wildman–Crippen LogP) is 1.61. The molecule has 0 N–H and O–H groups in total. The highest BCUT2D eigenvalue weighted by molar-refractivity contribution is 5.85. The van der Waals surface area contributed by atoms with Gasteiger partial charge in [-0.2, -0.15) is 0 Å². The summed E-state index contributed by atoms with van der Waals surface area (Å²) in [5.41, 5.74) is 0. The number of hydrogen-bond acceptors (Lipinski definition) is 6. The molecule has 2 heterocycles. The number of ether oxygens (including phenoxy) is 1. The zero-order valence-corrected chi connectivity index (χ0v) is 15.5. The van der Waals surface area contributed by atoms with Gasteiger partial charge in [-0.15, -0.1) is 17.5 Å². The van der Waals surface area contributed by atoms with Crippen molar-refractivity contribution in [3.63, 3.8) is 0 Å². The third-order valence-electron chi connectivity index (χ3n) is 4.49. The predicted molar refractivity (Wildman–Crippen MR) is 92.9 cm³/mol. The van der Waals surface area contributed by atoms with E-state index < -0.39 is 0 Å². The molecule has 0 amide bonds. The molecule has 0 aromatic carbocycles. The normalized spacial score (nSPS) is 17.9. The lowest BCUT2D eigenvalue weighted by atomic mass is 10.1. The number of tetrazole rings is 1. The largest absolute Gasteiger partial charge is 0.383 e. The second-order valence-electron chi connectivity index (χ2n) is 5.88. The lowest BCUT2D eigenvalue weighted by Crippen LogP contribution is -2.47. The summed E-state index contributed by atoms with van der Waals surface area (Å²) in [7, 11) is 1.71. The van der Waals surface area contributed by atoms with Crippen molar-refractivity contribution in [1.82, 2.24) is 30.0 Å². The quantitative estimate of drug-likeness (QED) is 0.677. The molecule has 1 aliphatic heterocycles. The van der Waals surface area contributed by atoms with Crippen LogP contribution in [0.4, 0.5) is 0 Å². The van der Waals surface area contributed by atoms with E-state index in [0.29, 0.717) is 12.6 Å². The van der Waals surface area contributed by atoms with E-state index in [9.17, 15) is 0 Å². The molecule has 1 unspecified atom stereocenters. The molecule has 1 fully saturated rings. The number of nitrogens with zero attached hydrogens (tertiary/aromatic N) is 6. The molecule has 23 heavy (non-hydrogen) atoms. The first kappa shape index (κ1) is 20.3. The van der Waals surface area contributed by atoms with E-state index in [-0.39, 0.29) is 12.4 Å². The molecule has 8 heteroatoms.